The Bertz CT molecular complexity index is 1150. The van der Waals surface area contributed by atoms with Gasteiger partial charge in [0.25, 0.3) is 0 Å². The monoisotopic (exact) mass is 353 g/mol. The van der Waals surface area contributed by atoms with Crippen molar-refractivity contribution in [3.05, 3.63) is 70.5 Å². The van der Waals surface area contributed by atoms with Gasteiger partial charge in [0.05, 0.1) is 0 Å². The van der Waals surface area contributed by atoms with Crippen LogP contribution < -0.4 is 0 Å². The van der Waals surface area contributed by atoms with Gasteiger partial charge in [-0.1, -0.05) is 30.4 Å². The summed E-state index contributed by atoms with van der Waals surface area (Å²) in [6.45, 7) is 3.57. The summed E-state index contributed by atoms with van der Waals surface area (Å²) < 4.78 is 5.74. The van der Waals surface area contributed by atoms with Crippen molar-refractivity contribution < 1.29 is 9.84 Å². The van der Waals surface area contributed by atoms with E-state index in [1.54, 1.807) is 44.2 Å². The standard InChI is InChI=1S/C22H15N3O2/c1-22(2)20(19(13-25)21(27-22)17(11-23)12-24)8-4-14-3-5-16-10-18(26)7-6-15(16)9-14/h3-10,26H,1-2H3/b8-4+. The van der Waals surface area contributed by atoms with E-state index in [0.717, 1.165) is 16.3 Å². The number of allylic oxidation sites excluding steroid dienone is 2. The number of nitrogens with zero attached hydrogens (tertiary/aromatic N) is 3. The number of hydrogen-bond acceptors (Lipinski definition) is 5. The number of phenols is 1. The summed E-state index contributed by atoms with van der Waals surface area (Å²) in [5.74, 6) is 0.241. The molecule has 0 saturated heterocycles. The Morgan fingerprint density at radius 1 is 1.00 bits per heavy atom. The minimum atomic E-state index is -0.835. The van der Waals surface area contributed by atoms with Gasteiger partial charge in [0, 0.05) is 5.57 Å². The molecule has 0 spiro atoms. The van der Waals surface area contributed by atoms with E-state index in [2.05, 4.69) is 6.07 Å². The molecule has 0 radical (unpaired) electrons. The summed E-state index contributed by atoms with van der Waals surface area (Å²) >= 11 is 0. The molecular weight excluding hydrogens is 338 g/mol. The highest BCUT2D eigenvalue weighted by Gasteiger charge is 2.38. The lowest BCUT2D eigenvalue weighted by molar-refractivity contribution is 0.0954. The summed E-state index contributed by atoms with van der Waals surface area (Å²) in [6.07, 6.45) is 3.63. The van der Waals surface area contributed by atoms with Gasteiger partial charge < -0.3 is 9.84 Å². The van der Waals surface area contributed by atoms with Crippen LogP contribution >= 0.6 is 0 Å². The van der Waals surface area contributed by atoms with Crippen molar-refractivity contribution in [3.8, 4) is 24.0 Å². The summed E-state index contributed by atoms with van der Waals surface area (Å²) in [5.41, 5.74) is 0.660. The molecule has 5 heteroatoms. The Kier molecular flexibility index (Phi) is 4.43. The van der Waals surface area contributed by atoms with Crippen LogP contribution in [0.15, 0.2) is 65.0 Å². The van der Waals surface area contributed by atoms with Gasteiger partial charge in [-0.25, -0.2) is 0 Å². The molecule has 5 nitrogen and oxygen atoms in total. The molecule has 1 N–H and O–H groups in total. The van der Waals surface area contributed by atoms with Gasteiger partial charge in [0.1, 0.15) is 35.1 Å². The first-order valence-electron chi connectivity index (χ1n) is 8.19. The third-order valence-corrected chi connectivity index (χ3v) is 4.36. The average molecular weight is 353 g/mol. The van der Waals surface area contributed by atoms with Gasteiger partial charge in [-0.3, -0.25) is 0 Å². The lowest BCUT2D eigenvalue weighted by Gasteiger charge is -2.20. The van der Waals surface area contributed by atoms with Crippen molar-refractivity contribution in [3.63, 3.8) is 0 Å². The van der Waals surface area contributed by atoms with E-state index in [9.17, 15) is 10.4 Å². The molecule has 0 fully saturated rings. The van der Waals surface area contributed by atoms with Crippen molar-refractivity contribution >= 4 is 16.8 Å². The maximum absolute atomic E-state index is 9.56. The maximum atomic E-state index is 9.56. The number of rotatable bonds is 2. The van der Waals surface area contributed by atoms with E-state index in [1.807, 2.05) is 30.3 Å². The molecule has 0 aromatic heterocycles. The number of nitriles is 3. The first kappa shape index (κ1) is 17.8. The summed E-state index contributed by atoms with van der Waals surface area (Å²) in [6, 6.07) is 16.5. The quantitative estimate of drug-likeness (QED) is 0.802. The van der Waals surface area contributed by atoms with Gasteiger partial charge in [-0.15, -0.1) is 0 Å². The summed E-state index contributed by atoms with van der Waals surface area (Å²) in [7, 11) is 0. The maximum Gasteiger partial charge on any atom is 0.172 e. The molecule has 2 aromatic carbocycles. The third kappa shape index (κ3) is 3.25. The molecule has 1 aliphatic heterocycles. The van der Waals surface area contributed by atoms with Crippen LogP contribution in [0.25, 0.3) is 16.8 Å². The van der Waals surface area contributed by atoms with Crippen molar-refractivity contribution in [1.82, 2.24) is 0 Å². The zero-order valence-electron chi connectivity index (χ0n) is 14.8. The van der Waals surface area contributed by atoms with Gasteiger partial charge in [0.2, 0.25) is 0 Å². The first-order valence-corrected chi connectivity index (χ1v) is 8.19. The highest BCUT2D eigenvalue weighted by atomic mass is 16.5. The zero-order valence-corrected chi connectivity index (χ0v) is 14.8. The van der Waals surface area contributed by atoms with E-state index in [-0.39, 0.29) is 22.7 Å². The van der Waals surface area contributed by atoms with Gasteiger partial charge in [0.15, 0.2) is 11.3 Å². The van der Waals surface area contributed by atoms with E-state index < -0.39 is 5.60 Å². The van der Waals surface area contributed by atoms with Crippen LogP contribution in [-0.2, 0) is 4.74 Å². The number of phenolic OH excluding ortho intramolecular Hbond substituents is 1. The SMILES string of the molecule is CC1(C)OC(=C(C#N)C#N)C(C#N)=C1/C=C/c1ccc2cc(O)ccc2c1. The first-order chi connectivity index (χ1) is 12.9. The minimum Gasteiger partial charge on any atom is -0.508 e. The Morgan fingerprint density at radius 3 is 2.33 bits per heavy atom. The van der Waals surface area contributed by atoms with Crippen molar-refractivity contribution in [1.29, 1.82) is 15.8 Å². The highest BCUT2D eigenvalue weighted by molar-refractivity contribution is 5.86. The van der Waals surface area contributed by atoms with E-state index >= 15 is 0 Å². The number of benzene rings is 2. The van der Waals surface area contributed by atoms with Gasteiger partial charge in [-0.05, 0) is 48.4 Å². The highest BCUT2D eigenvalue weighted by Crippen LogP contribution is 2.40. The van der Waals surface area contributed by atoms with Crippen molar-refractivity contribution in [2.45, 2.75) is 19.4 Å². The molecule has 0 atom stereocenters. The predicted octanol–water partition coefficient (Wildman–Crippen LogP) is 4.49. The number of aromatic hydroxyl groups is 1. The molecule has 1 heterocycles. The van der Waals surface area contributed by atoms with Gasteiger partial charge in [-0.2, -0.15) is 15.8 Å². The summed E-state index contributed by atoms with van der Waals surface area (Å²) in [5, 5.41) is 39.2. The fraction of sp³-hybridized carbons (Fsp3) is 0.136. The smallest absolute Gasteiger partial charge is 0.172 e. The molecule has 0 saturated carbocycles. The Balaban J connectivity index is 2.07. The molecule has 130 valence electrons. The van der Waals surface area contributed by atoms with Crippen LogP contribution in [0, 0.1) is 34.0 Å². The third-order valence-electron chi connectivity index (χ3n) is 4.36. The van der Waals surface area contributed by atoms with Crippen LogP contribution in [0.1, 0.15) is 19.4 Å². The molecule has 0 bridgehead atoms. The number of hydrogen-bond donors (Lipinski definition) is 1. The Labute approximate surface area is 157 Å². The molecule has 3 rings (SSSR count). The Morgan fingerprint density at radius 2 is 1.67 bits per heavy atom. The minimum absolute atomic E-state index is 0.0288. The molecule has 1 aliphatic rings. The van der Waals surface area contributed by atoms with Crippen LogP contribution in [0.2, 0.25) is 0 Å². The topological polar surface area (TPSA) is 101 Å². The van der Waals surface area contributed by atoms with Gasteiger partial charge >= 0.3 is 0 Å². The largest absolute Gasteiger partial charge is 0.508 e. The van der Waals surface area contributed by atoms with E-state index in [0.29, 0.717) is 5.57 Å². The fourth-order valence-electron chi connectivity index (χ4n) is 3.02. The van der Waals surface area contributed by atoms with Crippen molar-refractivity contribution in [2.24, 2.45) is 0 Å². The molecule has 27 heavy (non-hydrogen) atoms. The zero-order chi connectivity index (χ0) is 19.6. The second kappa shape index (κ2) is 6.71. The Hall–Kier alpha value is -4.01. The summed E-state index contributed by atoms with van der Waals surface area (Å²) in [4.78, 5) is 0. The molecular formula is C22H15N3O2. The van der Waals surface area contributed by atoms with Crippen LogP contribution in [0.3, 0.4) is 0 Å². The van der Waals surface area contributed by atoms with Crippen molar-refractivity contribution in [2.75, 3.05) is 0 Å². The normalized spacial score (nSPS) is 15.3. The van der Waals surface area contributed by atoms with E-state index in [4.69, 9.17) is 15.3 Å². The van der Waals surface area contributed by atoms with Crippen LogP contribution in [-0.4, -0.2) is 10.7 Å². The lowest BCUT2D eigenvalue weighted by atomic mass is 9.94. The lowest BCUT2D eigenvalue weighted by Crippen LogP contribution is -2.20. The average Bonchev–Trinajstić information content (AvgIpc) is 2.90. The molecule has 2 aromatic rings. The fourth-order valence-corrected chi connectivity index (χ4v) is 3.02. The van der Waals surface area contributed by atoms with Crippen LogP contribution in [0.5, 0.6) is 5.75 Å². The molecule has 0 unspecified atom stereocenters. The molecule has 0 aliphatic carbocycles. The predicted molar refractivity (Wildman–Crippen MR) is 101 cm³/mol. The second-order valence-electron chi connectivity index (χ2n) is 6.56. The van der Waals surface area contributed by atoms with E-state index in [1.165, 1.54) is 0 Å². The number of fused-ring (bicyclic) bond motifs is 1. The number of ether oxygens (including phenoxy) is 1. The second-order valence-corrected chi connectivity index (χ2v) is 6.56. The molecule has 0 amide bonds. The van der Waals surface area contributed by atoms with Crippen LogP contribution in [0.4, 0.5) is 0 Å².